The van der Waals surface area contributed by atoms with E-state index in [-0.39, 0.29) is 0 Å². The predicted octanol–water partition coefficient (Wildman–Crippen LogP) is 1.31. The van der Waals surface area contributed by atoms with Crippen LogP contribution in [0.1, 0.15) is 12.0 Å². The normalized spacial score (nSPS) is 11.4. The number of benzene rings is 1. The van der Waals surface area contributed by atoms with E-state index in [1.165, 1.54) is 5.56 Å². The fourth-order valence-electron chi connectivity index (χ4n) is 1.15. The van der Waals surface area contributed by atoms with Gasteiger partial charge in [-0.2, -0.15) is 0 Å². The zero-order valence-electron chi connectivity index (χ0n) is 9.56. The van der Waals surface area contributed by atoms with Crippen LogP contribution in [0.25, 0.3) is 0 Å². The van der Waals surface area contributed by atoms with Gasteiger partial charge in [0.05, 0.1) is 12.9 Å². The average molecular weight is 243 g/mol. The van der Waals surface area contributed by atoms with Gasteiger partial charge in [0.25, 0.3) is 0 Å². The Labute approximate surface area is 96.7 Å². The molecule has 0 unspecified atom stereocenters. The van der Waals surface area contributed by atoms with Crippen molar-refractivity contribution in [3.05, 3.63) is 29.8 Å². The third-order valence-corrected chi connectivity index (χ3v) is 2.70. The summed E-state index contributed by atoms with van der Waals surface area (Å²) in [7, 11) is -3.08. The van der Waals surface area contributed by atoms with Crippen LogP contribution in [-0.4, -0.2) is 27.8 Å². The number of hydrogen-bond acceptors (Lipinski definition) is 3. The summed E-state index contributed by atoms with van der Waals surface area (Å²) in [4.78, 5) is 0. The van der Waals surface area contributed by atoms with Crippen LogP contribution in [0.3, 0.4) is 0 Å². The highest BCUT2D eigenvalue weighted by Gasteiger charge is 1.99. The Morgan fingerprint density at radius 2 is 1.88 bits per heavy atom. The summed E-state index contributed by atoms with van der Waals surface area (Å²) in [5.74, 6) is 0.810. The first-order chi connectivity index (χ1) is 7.47. The number of ether oxygens (including phenoxy) is 1. The van der Waals surface area contributed by atoms with E-state index < -0.39 is 10.0 Å². The fraction of sp³-hybridized carbons (Fsp3) is 0.455. The lowest BCUT2D eigenvalue weighted by atomic mass is 10.2. The Morgan fingerprint density at radius 3 is 2.44 bits per heavy atom. The minimum absolute atomic E-state index is 0.407. The summed E-state index contributed by atoms with van der Waals surface area (Å²) in [6.07, 6.45) is 1.80. The maximum absolute atomic E-state index is 10.7. The van der Waals surface area contributed by atoms with Crippen molar-refractivity contribution in [2.45, 2.75) is 13.3 Å². The van der Waals surface area contributed by atoms with E-state index in [4.69, 9.17) is 4.74 Å². The first-order valence-corrected chi connectivity index (χ1v) is 7.00. The van der Waals surface area contributed by atoms with E-state index in [1.807, 2.05) is 31.2 Å². The first kappa shape index (κ1) is 13.0. The Balaban J connectivity index is 2.19. The summed E-state index contributed by atoms with van der Waals surface area (Å²) >= 11 is 0. The van der Waals surface area contributed by atoms with Crippen molar-refractivity contribution in [3.8, 4) is 5.75 Å². The number of nitrogens with one attached hydrogen (secondary N) is 1. The highest BCUT2D eigenvalue weighted by molar-refractivity contribution is 7.88. The molecule has 0 saturated carbocycles. The third kappa shape index (κ3) is 5.72. The van der Waals surface area contributed by atoms with Gasteiger partial charge in [0.1, 0.15) is 5.75 Å². The van der Waals surface area contributed by atoms with Gasteiger partial charge in [0.15, 0.2) is 0 Å². The predicted molar refractivity (Wildman–Crippen MR) is 64.1 cm³/mol. The van der Waals surface area contributed by atoms with E-state index >= 15 is 0 Å². The van der Waals surface area contributed by atoms with Crippen LogP contribution in [0, 0.1) is 6.92 Å². The molecule has 0 aliphatic heterocycles. The number of hydrogen-bond donors (Lipinski definition) is 1. The fourth-order valence-corrected chi connectivity index (χ4v) is 1.67. The standard InChI is InChI=1S/C11H17NO3S/c1-10-4-6-11(7-5-10)15-9-3-8-12-16(2,13)14/h4-7,12H,3,8-9H2,1-2H3. The summed E-state index contributed by atoms with van der Waals surface area (Å²) in [6.45, 7) is 2.93. The second-order valence-corrected chi connectivity index (χ2v) is 5.51. The Bertz CT molecular complexity index is 411. The molecule has 0 saturated heterocycles. The molecule has 0 aromatic heterocycles. The maximum atomic E-state index is 10.7. The van der Waals surface area contributed by atoms with E-state index in [1.54, 1.807) is 0 Å². The topological polar surface area (TPSA) is 55.4 Å². The molecule has 1 aromatic rings. The van der Waals surface area contributed by atoms with Crippen LogP contribution < -0.4 is 9.46 Å². The SMILES string of the molecule is Cc1ccc(OCCCNS(C)(=O)=O)cc1. The highest BCUT2D eigenvalue weighted by atomic mass is 32.2. The largest absolute Gasteiger partial charge is 0.494 e. The van der Waals surface area contributed by atoms with Crippen LogP contribution in [0.15, 0.2) is 24.3 Å². The van der Waals surface area contributed by atoms with Crippen molar-refractivity contribution in [1.29, 1.82) is 0 Å². The van der Waals surface area contributed by atoms with Gasteiger partial charge < -0.3 is 4.74 Å². The smallest absolute Gasteiger partial charge is 0.208 e. The summed E-state index contributed by atoms with van der Waals surface area (Å²) in [5.41, 5.74) is 1.19. The Hall–Kier alpha value is -1.07. The summed E-state index contributed by atoms with van der Waals surface area (Å²) in [5, 5.41) is 0. The van der Waals surface area contributed by atoms with Crippen LogP contribution in [-0.2, 0) is 10.0 Å². The van der Waals surface area contributed by atoms with E-state index in [2.05, 4.69) is 4.72 Å². The monoisotopic (exact) mass is 243 g/mol. The second-order valence-electron chi connectivity index (χ2n) is 3.68. The molecular weight excluding hydrogens is 226 g/mol. The molecule has 0 aliphatic rings. The molecule has 4 nitrogen and oxygen atoms in total. The van der Waals surface area contributed by atoms with Crippen molar-refractivity contribution in [2.75, 3.05) is 19.4 Å². The molecule has 1 rings (SSSR count). The number of aryl methyl sites for hydroxylation is 1. The van der Waals surface area contributed by atoms with Crippen LogP contribution >= 0.6 is 0 Å². The van der Waals surface area contributed by atoms with E-state index in [9.17, 15) is 8.42 Å². The quantitative estimate of drug-likeness (QED) is 0.766. The summed E-state index contributed by atoms with van der Waals surface area (Å²) < 4.78 is 29.4. The highest BCUT2D eigenvalue weighted by Crippen LogP contribution is 2.11. The van der Waals surface area contributed by atoms with Crippen LogP contribution in [0.4, 0.5) is 0 Å². The lowest BCUT2D eigenvalue weighted by Gasteiger charge is -2.06. The summed E-state index contributed by atoms with van der Waals surface area (Å²) in [6, 6.07) is 7.76. The molecule has 5 heteroatoms. The molecule has 16 heavy (non-hydrogen) atoms. The molecule has 1 aromatic carbocycles. The molecule has 0 spiro atoms. The van der Waals surface area contributed by atoms with Gasteiger partial charge in [0.2, 0.25) is 10.0 Å². The van der Waals surface area contributed by atoms with Gasteiger partial charge in [0, 0.05) is 6.54 Å². The van der Waals surface area contributed by atoms with E-state index in [0.717, 1.165) is 12.0 Å². The van der Waals surface area contributed by atoms with Crippen molar-refractivity contribution >= 4 is 10.0 Å². The van der Waals surface area contributed by atoms with Gasteiger partial charge >= 0.3 is 0 Å². The van der Waals surface area contributed by atoms with Crippen LogP contribution in [0.2, 0.25) is 0 Å². The van der Waals surface area contributed by atoms with Crippen molar-refractivity contribution < 1.29 is 13.2 Å². The zero-order valence-corrected chi connectivity index (χ0v) is 10.4. The van der Waals surface area contributed by atoms with Gasteiger partial charge in [-0.3, -0.25) is 0 Å². The van der Waals surface area contributed by atoms with E-state index in [0.29, 0.717) is 19.6 Å². The first-order valence-electron chi connectivity index (χ1n) is 5.11. The van der Waals surface area contributed by atoms with Crippen molar-refractivity contribution in [2.24, 2.45) is 0 Å². The lowest BCUT2D eigenvalue weighted by Crippen LogP contribution is -2.24. The molecule has 0 amide bonds. The molecule has 1 N–H and O–H groups in total. The number of rotatable bonds is 6. The zero-order chi connectivity index (χ0) is 12.0. The third-order valence-electron chi connectivity index (χ3n) is 1.98. The molecule has 0 radical (unpaired) electrons. The molecule has 0 atom stereocenters. The molecule has 90 valence electrons. The van der Waals surface area contributed by atoms with Crippen molar-refractivity contribution in [3.63, 3.8) is 0 Å². The lowest BCUT2D eigenvalue weighted by molar-refractivity contribution is 0.311. The molecule has 0 aliphatic carbocycles. The average Bonchev–Trinajstić information content (AvgIpc) is 2.19. The number of sulfonamides is 1. The molecule has 0 heterocycles. The van der Waals surface area contributed by atoms with Gasteiger partial charge in [-0.1, -0.05) is 17.7 Å². The van der Waals surface area contributed by atoms with Gasteiger partial charge in [-0.05, 0) is 25.5 Å². The molecular formula is C11H17NO3S. The second kappa shape index (κ2) is 5.86. The van der Waals surface area contributed by atoms with Gasteiger partial charge in [-0.25, -0.2) is 13.1 Å². The molecule has 0 fully saturated rings. The Morgan fingerprint density at radius 1 is 1.25 bits per heavy atom. The van der Waals surface area contributed by atoms with Gasteiger partial charge in [-0.15, -0.1) is 0 Å². The Kier molecular flexibility index (Phi) is 4.76. The van der Waals surface area contributed by atoms with Crippen molar-refractivity contribution in [1.82, 2.24) is 4.72 Å². The molecule has 0 bridgehead atoms. The van der Waals surface area contributed by atoms with Crippen LogP contribution in [0.5, 0.6) is 5.75 Å². The minimum atomic E-state index is -3.08. The minimum Gasteiger partial charge on any atom is -0.494 e. The maximum Gasteiger partial charge on any atom is 0.208 e.